The summed E-state index contributed by atoms with van der Waals surface area (Å²) in [6, 6.07) is 12.1. The van der Waals surface area contributed by atoms with E-state index in [0.717, 1.165) is 10.0 Å². The molecule has 2 rings (SSSR count). The SMILES string of the molecule is C[C@@H](O)c1ccc(OCc2ccccc2Br)c(F)c1. The topological polar surface area (TPSA) is 29.5 Å². The van der Waals surface area contributed by atoms with Crippen LogP contribution in [-0.2, 0) is 6.61 Å². The number of hydrogen-bond acceptors (Lipinski definition) is 2. The van der Waals surface area contributed by atoms with Gasteiger partial charge in [0.2, 0.25) is 0 Å². The summed E-state index contributed by atoms with van der Waals surface area (Å²) >= 11 is 3.41. The molecule has 0 radical (unpaired) electrons. The van der Waals surface area contributed by atoms with Gasteiger partial charge in [0.25, 0.3) is 0 Å². The third-order valence-corrected chi connectivity index (χ3v) is 3.55. The Kier molecular flexibility index (Phi) is 4.56. The van der Waals surface area contributed by atoms with E-state index in [1.807, 2.05) is 24.3 Å². The smallest absolute Gasteiger partial charge is 0.165 e. The predicted molar refractivity (Wildman–Crippen MR) is 75.5 cm³/mol. The molecule has 1 atom stereocenters. The molecule has 0 bridgehead atoms. The normalized spacial score (nSPS) is 12.2. The van der Waals surface area contributed by atoms with Crippen molar-refractivity contribution in [2.75, 3.05) is 0 Å². The molecule has 1 N–H and O–H groups in total. The molecule has 0 aliphatic carbocycles. The van der Waals surface area contributed by atoms with Crippen LogP contribution in [0.4, 0.5) is 4.39 Å². The van der Waals surface area contributed by atoms with E-state index in [1.165, 1.54) is 12.1 Å². The number of halogens is 2. The van der Waals surface area contributed by atoms with Crippen molar-refractivity contribution in [3.63, 3.8) is 0 Å². The molecule has 0 fully saturated rings. The average Bonchev–Trinajstić information content (AvgIpc) is 2.39. The lowest BCUT2D eigenvalue weighted by atomic mass is 10.1. The largest absolute Gasteiger partial charge is 0.486 e. The van der Waals surface area contributed by atoms with E-state index in [9.17, 15) is 9.50 Å². The maximum Gasteiger partial charge on any atom is 0.165 e. The second-order valence-corrected chi connectivity index (χ2v) is 5.10. The van der Waals surface area contributed by atoms with Crippen LogP contribution in [0.25, 0.3) is 0 Å². The van der Waals surface area contributed by atoms with Crippen molar-refractivity contribution < 1.29 is 14.2 Å². The minimum atomic E-state index is -0.688. The molecule has 0 aliphatic heterocycles. The molecule has 0 spiro atoms. The number of rotatable bonds is 4. The molecule has 0 aromatic heterocycles. The highest BCUT2D eigenvalue weighted by atomic mass is 79.9. The van der Waals surface area contributed by atoms with Crippen LogP contribution in [0, 0.1) is 5.82 Å². The average molecular weight is 325 g/mol. The molecular formula is C15H14BrFO2. The minimum Gasteiger partial charge on any atom is -0.486 e. The highest BCUT2D eigenvalue weighted by Crippen LogP contribution is 2.24. The first-order valence-corrected chi connectivity index (χ1v) is 6.71. The van der Waals surface area contributed by atoms with Gasteiger partial charge >= 0.3 is 0 Å². The first-order chi connectivity index (χ1) is 9.08. The number of aliphatic hydroxyl groups is 1. The van der Waals surface area contributed by atoms with Crippen molar-refractivity contribution >= 4 is 15.9 Å². The van der Waals surface area contributed by atoms with Gasteiger partial charge in [-0.1, -0.05) is 40.2 Å². The number of ether oxygens (including phenoxy) is 1. The molecule has 2 aromatic rings. The summed E-state index contributed by atoms with van der Waals surface area (Å²) in [5, 5.41) is 9.37. The van der Waals surface area contributed by atoms with E-state index in [-0.39, 0.29) is 12.4 Å². The van der Waals surface area contributed by atoms with Crippen molar-refractivity contribution in [2.24, 2.45) is 0 Å². The summed E-state index contributed by atoms with van der Waals surface area (Å²) in [6.07, 6.45) is -0.688. The van der Waals surface area contributed by atoms with Crippen LogP contribution in [0.2, 0.25) is 0 Å². The van der Waals surface area contributed by atoms with Crippen LogP contribution in [-0.4, -0.2) is 5.11 Å². The van der Waals surface area contributed by atoms with Crippen molar-refractivity contribution in [3.05, 3.63) is 63.9 Å². The van der Waals surface area contributed by atoms with Gasteiger partial charge < -0.3 is 9.84 Å². The first-order valence-electron chi connectivity index (χ1n) is 5.91. The van der Waals surface area contributed by atoms with Gasteiger partial charge in [-0.05, 0) is 30.7 Å². The monoisotopic (exact) mass is 324 g/mol. The summed E-state index contributed by atoms with van der Waals surface area (Å²) in [4.78, 5) is 0. The van der Waals surface area contributed by atoms with Gasteiger partial charge in [0.1, 0.15) is 6.61 Å². The highest BCUT2D eigenvalue weighted by Gasteiger charge is 2.08. The molecular weight excluding hydrogens is 311 g/mol. The molecule has 0 saturated carbocycles. The van der Waals surface area contributed by atoms with Gasteiger partial charge in [0.15, 0.2) is 11.6 Å². The van der Waals surface area contributed by atoms with Gasteiger partial charge in [-0.15, -0.1) is 0 Å². The zero-order valence-electron chi connectivity index (χ0n) is 10.4. The van der Waals surface area contributed by atoms with Crippen molar-refractivity contribution in [2.45, 2.75) is 19.6 Å². The second kappa shape index (κ2) is 6.17. The lowest BCUT2D eigenvalue weighted by Crippen LogP contribution is -1.99. The lowest BCUT2D eigenvalue weighted by Gasteiger charge is -2.11. The molecule has 19 heavy (non-hydrogen) atoms. The molecule has 0 heterocycles. The van der Waals surface area contributed by atoms with Crippen LogP contribution in [0.5, 0.6) is 5.75 Å². The van der Waals surface area contributed by atoms with E-state index in [0.29, 0.717) is 5.56 Å². The van der Waals surface area contributed by atoms with Crippen LogP contribution < -0.4 is 4.74 Å². The summed E-state index contributed by atoms with van der Waals surface area (Å²) in [5.41, 5.74) is 1.48. The third kappa shape index (κ3) is 3.55. The fourth-order valence-corrected chi connectivity index (χ4v) is 2.06. The molecule has 2 nitrogen and oxygen atoms in total. The number of benzene rings is 2. The molecule has 0 unspecified atom stereocenters. The van der Waals surface area contributed by atoms with Crippen LogP contribution in [0.1, 0.15) is 24.2 Å². The fraction of sp³-hybridized carbons (Fsp3) is 0.200. The number of hydrogen-bond donors (Lipinski definition) is 1. The van der Waals surface area contributed by atoms with E-state index in [2.05, 4.69) is 15.9 Å². The maximum atomic E-state index is 13.8. The Hall–Kier alpha value is -1.39. The molecule has 100 valence electrons. The Labute approximate surface area is 120 Å². The van der Waals surface area contributed by atoms with Crippen LogP contribution >= 0.6 is 15.9 Å². The van der Waals surface area contributed by atoms with Gasteiger partial charge in [0, 0.05) is 10.0 Å². The van der Waals surface area contributed by atoms with E-state index < -0.39 is 11.9 Å². The second-order valence-electron chi connectivity index (χ2n) is 4.25. The summed E-state index contributed by atoms with van der Waals surface area (Å²) in [5.74, 6) is -0.286. The van der Waals surface area contributed by atoms with Gasteiger partial charge in [-0.25, -0.2) is 4.39 Å². The zero-order valence-corrected chi connectivity index (χ0v) is 12.0. The molecule has 2 aromatic carbocycles. The molecule has 0 aliphatic rings. The quantitative estimate of drug-likeness (QED) is 0.912. The first kappa shape index (κ1) is 14.0. The Morgan fingerprint density at radius 3 is 2.63 bits per heavy atom. The van der Waals surface area contributed by atoms with Crippen molar-refractivity contribution in [1.29, 1.82) is 0 Å². The van der Waals surface area contributed by atoms with Crippen molar-refractivity contribution in [3.8, 4) is 5.75 Å². The van der Waals surface area contributed by atoms with E-state index in [4.69, 9.17) is 4.74 Å². The molecule has 0 amide bonds. The highest BCUT2D eigenvalue weighted by molar-refractivity contribution is 9.10. The van der Waals surface area contributed by atoms with Crippen LogP contribution in [0.15, 0.2) is 46.9 Å². The predicted octanol–water partition coefficient (Wildman–Crippen LogP) is 4.22. The maximum absolute atomic E-state index is 13.8. The van der Waals surface area contributed by atoms with Gasteiger partial charge in [0.05, 0.1) is 6.10 Å². The van der Waals surface area contributed by atoms with E-state index >= 15 is 0 Å². The Morgan fingerprint density at radius 1 is 1.26 bits per heavy atom. The van der Waals surface area contributed by atoms with Gasteiger partial charge in [-0.2, -0.15) is 0 Å². The molecule has 4 heteroatoms. The summed E-state index contributed by atoms with van der Waals surface area (Å²) < 4.78 is 20.1. The number of aliphatic hydroxyl groups excluding tert-OH is 1. The summed E-state index contributed by atoms with van der Waals surface area (Å²) in [6.45, 7) is 1.88. The summed E-state index contributed by atoms with van der Waals surface area (Å²) in [7, 11) is 0. The fourth-order valence-electron chi connectivity index (χ4n) is 1.66. The van der Waals surface area contributed by atoms with Gasteiger partial charge in [-0.3, -0.25) is 0 Å². The minimum absolute atomic E-state index is 0.181. The Bertz CT molecular complexity index is 570. The zero-order chi connectivity index (χ0) is 13.8. The standard InChI is InChI=1S/C15H14BrFO2/c1-10(18)11-6-7-15(14(17)8-11)19-9-12-4-2-3-5-13(12)16/h2-8,10,18H,9H2,1H3/t10-/m1/s1. The lowest BCUT2D eigenvalue weighted by molar-refractivity contribution is 0.198. The van der Waals surface area contributed by atoms with E-state index in [1.54, 1.807) is 13.0 Å². The third-order valence-electron chi connectivity index (χ3n) is 2.78. The van der Waals surface area contributed by atoms with Crippen LogP contribution in [0.3, 0.4) is 0 Å². The Morgan fingerprint density at radius 2 is 2.00 bits per heavy atom. The Balaban J connectivity index is 2.10. The van der Waals surface area contributed by atoms with Crippen molar-refractivity contribution in [1.82, 2.24) is 0 Å². The molecule has 0 saturated heterocycles.